The fourth-order valence-corrected chi connectivity index (χ4v) is 1.78. The summed E-state index contributed by atoms with van der Waals surface area (Å²) in [6, 6.07) is 3.73. The zero-order valence-corrected chi connectivity index (χ0v) is 11.0. The molecule has 0 atom stereocenters. The molecular weight excluding hydrogens is 224 g/mol. The van der Waals surface area contributed by atoms with Crippen molar-refractivity contribution in [2.45, 2.75) is 26.3 Å². The molecule has 90 valence electrons. The third-order valence-electron chi connectivity index (χ3n) is 2.43. The summed E-state index contributed by atoms with van der Waals surface area (Å²) in [6.07, 6.45) is 0. The molecule has 3 nitrogen and oxygen atoms in total. The summed E-state index contributed by atoms with van der Waals surface area (Å²) in [5, 5.41) is 4.02. The maximum atomic E-state index is 6.02. The number of benzene rings is 1. The molecule has 0 aromatic heterocycles. The van der Waals surface area contributed by atoms with Gasteiger partial charge in [0.15, 0.2) is 0 Å². The molecule has 0 unspecified atom stereocenters. The van der Waals surface area contributed by atoms with Crippen LogP contribution in [-0.4, -0.2) is 19.2 Å². The molecule has 0 spiro atoms. The minimum atomic E-state index is -0.190. The number of hydrogen-bond donors (Lipinski definition) is 2. The maximum Gasteiger partial charge on any atom is 0.144 e. The van der Waals surface area contributed by atoms with Crippen molar-refractivity contribution in [1.82, 2.24) is 0 Å². The van der Waals surface area contributed by atoms with E-state index < -0.39 is 0 Å². The van der Waals surface area contributed by atoms with Crippen LogP contribution in [0.15, 0.2) is 12.1 Å². The zero-order chi connectivity index (χ0) is 12.3. The van der Waals surface area contributed by atoms with Crippen LogP contribution in [0.5, 0.6) is 5.75 Å². The Balaban J connectivity index is 3.12. The molecule has 0 radical (unpaired) electrons. The van der Waals surface area contributed by atoms with E-state index in [0.29, 0.717) is 11.6 Å². The molecular formula is C12H19ClN2O. The molecule has 4 heteroatoms. The number of hydrogen-bond acceptors (Lipinski definition) is 3. The van der Waals surface area contributed by atoms with Crippen LogP contribution in [0, 0.1) is 6.92 Å². The van der Waals surface area contributed by atoms with Crippen molar-refractivity contribution in [2.24, 2.45) is 5.73 Å². The minimum Gasteiger partial charge on any atom is -0.494 e. The number of anilines is 1. The molecule has 16 heavy (non-hydrogen) atoms. The van der Waals surface area contributed by atoms with Crippen LogP contribution < -0.4 is 15.8 Å². The van der Waals surface area contributed by atoms with Crippen molar-refractivity contribution in [3.63, 3.8) is 0 Å². The molecule has 3 N–H and O–H groups in total. The molecule has 0 saturated carbocycles. The first-order valence-corrected chi connectivity index (χ1v) is 5.60. The lowest BCUT2D eigenvalue weighted by Crippen LogP contribution is -2.39. The monoisotopic (exact) mass is 242 g/mol. The van der Waals surface area contributed by atoms with Gasteiger partial charge in [-0.25, -0.2) is 0 Å². The largest absolute Gasteiger partial charge is 0.494 e. The summed E-state index contributed by atoms with van der Waals surface area (Å²) in [7, 11) is 1.65. The van der Waals surface area contributed by atoms with Gasteiger partial charge in [0, 0.05) is 17.1 Å². The van der Waals surface area contributed by atoms with E-state index in [1.54, 1.807) is 7.11 Å². The van der Waals surface area contributed by atoms with E-state index in [4.69, 9.17) is 22.1 Å². The van der Waals surface area contributed by atoms with Crippen molar-refractivity contribution in [1.29, 1.82) is 0 Å². The Morgan fingerprint density at radius 1 is 1.44 bits per heavy atom. The standard InChI is InChI=1S/C12H19ClN2O/c1-8-5-9(13)6-10(11(8)16-4)15-12(2,3)7-14/h5-6,15H,7,14H2,1-4H3. The lowest BCUT2D eigenvalue weighted by atomic mass is 10.0. The van der Waals surface area contributed by atoms with Crippen molar-refractivity contribution in [2.75, 3.05) is 19.0 Å². The fraction of sp³-hybridized carbons (Fsp3) is 0.500. The van der Waals surface area contributed by atoms with E-state index in [9.17, 15) is 0 Å². The van der Waals surface area contributed by atoms with Crippen LogP contribution in [0.1, 0.15) is 19.4 Å². The van der Waals surface area contributed by atoms with E-state index in [0.717, 1.165) is 17.0 Å². The quantitative estimate of drug-likeness (QED) is 0.854. The maximum absolute atomic E-state index is 6.02. The third kappa shape index (κ3) is 3.03. The fourth-order valence-electron chi connectivity index (χ4n) is 1.51. The molecule has 1 aromatic carbocycles. The van der Waals surface area contributed by atoms with Gasteiger partial charge < -0.3 is 15.8 Å². The Kier molecular flexibility index (Phi) is 4.05. The first-order valence-electron chi connectivity index (χ1n) is 5.22. The van der Waals surface area contributed by atoms with Crippen LogP contribution in [0.2, 0.25) is 5.02 Å². The summed E-state index contributed by atoms with van der Waals surface area (Å²) in [4.78, 5) is 0. The van der Waals surface area contributed by atoms with Gasteiger partial charge in [-0.05, 0) is 38.5 Å². The topological polar surface area (TPSA) is 47.3 Å². The van der Waals surface area contributed by atoms with Gasteiger partial charge in [-0.1, -0.05) is 11.6 Å². The highest BCUT2D eigenvalue weighted by Gasteiger charge is 2.18. The average Bonchev–Trinajstić information content (AvgIpc) is 2.16. The lowest BCUT2D eigenvalue weighted by molar-refractivity contribution is 0.411. The summed E-state index contributed by atoms with van der Waals surface area (Å²) in [5.41, 5.74) is 7.38. The second kappa shape index (κ2) is 4.93. The minimum absolute atomic E-state index is 0.190. The van der Waals surface area contributed by atoms with Gasteiger partial charge in [-0.3, -0.25) is 0 Å². The molecule has 0 bridgehead atoms. The molecule has 1 aromatic rings. The Morgan fingerprint density at radius 3 is 2.56 bits per heavy atom. The Labute approximate surface area is 102 Å². The Hall–Kier alpha value is -0.930. The van der Waals surface area contributed by atoms with E-state index in [1.165, 1.54) is 0 Å². The smallest absolute Gasteiger partial charge is 0.144 e. The van der Waals surface area contributed by atoms with Crippen LogP contribution >= 0.6 is 11.6 Å². The number of rotatable bonds is 4. The SMILES string of the molecule is COc1c(C)cc(Cl)cc1NC(C)(C)CN. The summed E-state index contributed by atoms with van der Waals surface area (Å²) in [6.45, 7) is 6.55. The predicted molar refractivity (Wildman–Crippen MR) is 69.5 cm³/mol. The molecule has 0 amide bonds. The summed E-state index contributed by atoms with van der Waals surface area (Å²) >= 11 is 6.02. The Morgan fingerprint density at radius 2 is 2.06 bits per heavy atom. The highest BCUT2D eigenvalue weighted by molar-refractivity contribution is 6.31. The molecule has 0 aliphatic heterocycles. The summed E-state index contributed by atoms with van der Waals surface area (Å²) < 4.78 is 5.36. The predicted octanol–water partition coefficient (Wildman–Crippen LogP) is 2.81. The molecule has 0 aliphatic rings. The highest BCUT2D eigenvalue weighted by Crippen LogP contribution is 2.33. The van der Waals surface area contributed by atoms with E-state index >= 15 is 0 Å². The molecule has 0 fully saturated rings. The van der Waals surface area contributed by atoms with Gasteiger partial charge in [-0.15, -0.1) is 0 Å². The van der Waals surface area contributed by atoms with Gasteiger partial charge in [0.25, 0.3) is 0 Å². The number of nitrogens with one attached hydrogen (secondary N) is 1. The number of nitrogens with two attached hydrogens (primary N) is 1. The second-order valence-electron chi connectivity index (χ2n) is 4.52. The number of aryl methyl sites for hydroxylation is 1. The molecule has 0 aliphatic carbocycles. The van der Waals surface area contributed by atoms with E-state index in [2.05, 4.69) is 5.32 Å². The van der Waals surface area contributed by atoms with Crippen LogP contribution in [-0.2, 0) is 0 Å². The number of ether oxygens (including phenoxy) is 1. The van der Waals surface area contributed by atoms with Gasteiger partial charge in [0.1, 0.15) is 5.75 Å². The number of methoxy groups -OCH3 is 1. The molecule has 1 rings (SSSR count). The first kappa shape index (κ1) is 13.1. The van der Waals surface area contributed by atoms with Gasteiger partial charge in [-0.2, -0.15) is 0 Å². The zero-order valence-electron chi connectivity index (χ0n) is 10.2. The second-order valence-corrected chi connectivity index (χ2v) is 4.95. The highest BCUT2D eigenvalue weighted by atomic mass is 35.5. The van der Waals surface area contributed by atoms with Gasteiger partial charge >= 0.3 is 0 Å². The van der Waals surface area contributed by atoms with Gasteiger partial charge in [0.05, 0.1) is 12.8 Å². The van der Waals surface area contributed by atoms with Crippen molar-refractivity contribution in [3.05, 3.63) is 22.7 Å². The van der Waals surface area contributed by atoms with Gasteiger partial charge in [0.2, 0.25) is 0 Å². The molecule has 0 saturated heterocycles. The van der Waals surface area contributed by atoms with Crippen LogP contribution in [0.4, 0.5) is 5.69 Å². The van der Waals surface area contributed by atoms with Crippen molar-refractivity contribution < 1.29 is 4.74 Å². The Bertz CT molecular complexity index is 378. The number of halogens is 1. The lowest BCUT2D eigenvalue weighted by Gasteiger charge is -2.27. The molecule has 0 heterocycles. The normalized spacial score (nSPS) is 11.4. The van der Waals surface area contributed by atoms with E-state index in [-0.39, 0.29) is 5.54 Å². The van der Waals surface area contributed by atoms with Crippen molar-refractivity contribution in [3.8, 4) is 5.75 Å². The first-order chi connectivity index (χ1) is 7.39. The van der Waals surface area contributed by atoms with Crippen LogP contribution in [0.25, 0.3) is 0 Å². The third-order valence-corrected chi connectivity index (χ3v) is 2.65. The van der Waals surface area contributed by atoms with Crippen LogP contribution in [0.3, 0.4) is 0 Å². The van der Waals surface area contributed by atoms with E-state index in [1.807, 2.05) is 32.9 Å². The average molecular weight is 243 g/mol. The van der Waals surface area contributed by atoms with Crippen molar-refractivity contribution >= 4 is 17.3 Å². The summed E-state index contributed by atoms with van der Waals surface area (Å²) in [5.74, 6) is 0.811.